The van der Waals surface area contributed by atoms with E-state index in [0.29, 0.717) is 0 Å². The van der Waals surface area contributed by atoms with E-state index in [9.17, 15) is 4.79 Å². The number of nitrogens with one attached hydrogen (secondary N) is 1. The number of hydrogen-bond acceptors (Lipinski definition) is 2. The van der Waals surface area contributed by atoms with Crippen LogP contribution >= 0.6 is 0 Å². The number of carbonyl (C=O) groups excluding carboxylic acids is 1. The second kappa shape index (κ2) is 6.89. The van der Waals surface area contributed by atoms with Crippen LogP contribution in [-0.4, -0.2) is 24.3 Å². The molecule has 114 valence electrons. The maximum atomic E-state index is 12.2. The lowest BCUT2D eigenvalue weighted by molar-refractivity contribution is 0.224. The SMILES string of the molecule is Cc1ccc(/C=N/N(C)C(=O)Nc2c(C)cccc2C)cc1. The number of aryl methyl sites for hydroxylation is 3. The molecule has 4 heteroatoms. The van der Waals surface area contributed by atoms with Gasteiger partial charge in [-0.05, 0) is 37.5 Å². The van der Waals surface area contributed by atoms with Crippen molar-refractivity contribution >= 4 is 17.9 Å². The first-order valence-corrected chi connectivity index (χ1v) is 7.19. The summed E-state index contributed by atoms with van der Waals surface area (Å²) in [6, 6.07) is 13.6. The Morgan fingerprint density at radius 1 is 1.05 bits per heavy atom. The molecule has 0 bridgehead atoms. The van der Waals surface area contributed by atoms with Gasteiger partial charge in [-0.1, -0.05) is 48.0 Å². The van der Waals surface area contributed by atoms with E-state index in [0.717, 1.165) is 22.4 Å². The third-order valence-corrected chi connectivity index (χ3v) is 3.46. The zero-order valence-electron chi connectivity index (χ0n) is 13.4. The van der Waals surface area contributed by atoms with Crippen LogP contribution in [0.1, 0.15) is 22.3 Å². The van der Waals surface area contributed by atoms with Gasteiger partial charge in [-0.15, -0.1) is 0 Å². The molecule has 2 aromatic carbocycles. The Hall–Kier alpha value is -2.62. The van der Waals surface area contributed by atoms with Crippen molar-refractivity contribution in [3.05, 3.63) is 64.7 Å². The Morgan fingerprint density at radius 2 is 1.64 bits per heavy atom. The summed E-state index contributed by atoms with van der Waals surface area (Å²) >= 11 is 0. The summed E-state index contributed by atoms with van der Waals surface area (Å²) in [6.07, 6.45) is 1.67. The van der Waals surface area contributed by atoms with Crippen LogP contribution in [0.5, 0.6) is 0 Å². The standard InChI is InChI=1S/C18H21N3O/c1-13-8-10-16(11-9-13)12-19-21(4)18(22)20-17-14(2)6-5-7-15(17)3/h5-12H,1-4H3,(H,20,22)/b19-12+. The van der Waals surface area contributed by atoms with Crippen LogP contribution in [-0.2, 0) is 0 Å². The normalized spacial score (nSPS) is 10.7. The maximum absolute atomic E-state index is 12.2. The number of carbonyl (C=O) groups is 1. The fourth-order valence-electron chi connectivity index (χ4n) is 2.06. The summed E-state index contributed by atoms with van der Waals surface area (Å²) in [5.41, 5.74) is 5.05. The molecule has 2 rings (SSSR count). The molecular weight excluding hydrogens is 274 g/mol. The Morgan fingerprint density at radius 3 is 2.23 bits per heavy atom. The monoisotopic (exact) mass is 295 g/mol. The average Bonchev–Trinajstić information content (AvgIpc) is 2.50. The summed E-state index contributed by atoms with van der Waals surface area (Å²) < 4.78 is 0. The van der Waals surface area contributed by atoms with Crippen molar-refractivity contribution in [2.24, 2.45) is 5.10 Å². The smallest absolute Gasteiger partial charge is 0.306 e. The first-order chi connectivity index (χ1) is 10.5. The van der Waals surface area contributed by atoms with Crippen molar-refractivity contribution in [2.75, 3.05) is 12.4 Å². The van der Waals surface area contributed by atoms with E-state index < -0.39 is 0 Å². The van der Waals surface area contributed by atoms with Gasteiger partial charge in [0.15, 0.2) is 0 Å². The summed E-state index contributed by atoms with van der Waals surface area (Å²) in [4.78, 5) is 12.2. The molecule has 1 N–H and O–H groups in total. The first kappa shape index (κ1) is 15.8. The molecule has 0 aliphatic heterocycles. The molecule has 2 aromatic rings. The molecule has 2 amide bonds. The lowest BCUT2D eigenvalue weighted by Gasteiger charge is -2.15. The second-order valence-electron chi connectivity index (χ2n) is 5.38. The van der Waals surface area contributed by atoms with E-state index >= 15 is 0 Å². The lowest BCUT2D eigenvalue weighted by Crippen LogP contribution is -2.27. The van der Waals surface area contributed by atoms with Gasteiger partial charge in [-0.2, -0.15) is 5.10 Å². The van der Waals surface area contributed by atoms with Crippen LogP contribution in [0.2, 0.25) is 0 Å². The van der Waals surface area contributed by atoms with Gasteiger partial charge in [-0.3, -0.25) is 0 Å². The number of hydrogen-bond donors (Lipinski definition) is 1. The van der Waals surface area contributed by atoms with Crippen LogP contribution in [0.15, 0.2) is 47.6 Å². The summed E-state index contributed by atoms with van der Waals surface area (Å²) in [5.74, 6) is 0. The van der Waals surface area contributed by atoms with Crippen LogP contribution in [0, 0.1) is 20.8 Å². The second-order valence-corrected chi connectivity index (χ2v) is 5.38. The van der Waals surface area contributed by atoms with Gasteiger partial charge in [0.25, 0.3) is 0 Å². The Kier molecular flexibility index (Phi) is 4.94. The van der Waals surface area contributed by atoms with Crippen LogP contribution in [0.4, 0.5) is 10.5 Å². The highest BCUT2D eigenvalue weighted by Crippen LogP contribution is 2.19. The number of anilines is 1. The molecular formula is C18H21N3O. The van der Waals surface area contributed by atoms with E-state index in [1.165, 1.54) is 10.6 Å². The number of amides is 2. The van der Waals surface area contributed by atoms with E-state index in [1.54, 1.807) is 13.3 Å². The molecule has 0 radical (unpaired) electrons. The van der Waals surface area contributed by atoms with Crippen molar-refractivity contribution < 1.29 is 4.79 Å². The fraction of sp³-hybridized carbons (Fsp3) is 0.222. The van der Waals surface area contributed by atoms with E-state index in [2.05, 4.69) is 10.4 Å². The molecule has 0 saturated heterocycles. The quantitative estimate of drug-likeness (QED) is 0.672. The number of rotatable bonds is 3. The van der Waals surface area contributed by atoms with E-state index in [-0.39, 0.29) is 6.03 Å². The van der Waals surface area contributed by atoms with Crippen molar-refractivity contribution in [3.8, 4) is 0 Å². The van der Waals surface area contributed by atoms with Crippen LogP contribution in [0.25, 0.3) is 0 Å². The maximum Gasteiger partial charge on any atom is 0.341 e. The number of hydrazone groups is 1. The Labute approximate surface area is 131 Å². The van der Waals surface area contributed by atoms with Gasteiger partial charge < -0.3 is 5.32 Å². The molecule has 0 atom stereocenters. The summed E-state index contributed by atoms with van der Waals surface area (Å²) in [6.45, 7) is 5.97. The minimum Gasteiger partial charge on any atom is -0.306 e. The molecule has 0 saturated carbocycles. The molecule has 0 fully saturated rings. The molecule has 0 aromatic heterocycles. The van der Waals surface area contributed by atoms with Gasteiger partial charge in [0.1, 0.15) is 0 Å². The molecule has 0 aliphatic rings. The molecule has 0 heterocycles. The first-order valence-electron chi connectivity index (χ1n) is 7.19. The van der Waals surface area contributed by atoms with E-state index in [1.807, 2.05) is 63.2 Å². The zero-order valence-corrected chi connectivity index (χ0v) is 13.4. The van der Waals surface area contributed by atoms with E-state index in [4.69, 9.17) is 0 Å². The Balaban J connectivity index is 2.04. The van der Waals surface area contributed by atoms with Gasteiger partial charge >= 0.3 is 6.03 Å². The Bertz CT molecular complexity index is 670. The van der Waals surface area contributed by atoms with Gasteiger partial charge in [0, 0.05) is 12.7 Å². The number of benzene rings is 2. The predicted octanol–water partition coefficient (Wildman–Crippen LogP) is 4.11. The van der Waals surface area contributed by atoms with Crippen LogP contribution in [0.3, 0.4) is 0 Å². The highest BCUT2D eigenvalue weighted by Gasteiger charge is 2.10. The van der Waals surface area contributed by atoms with Gasteiger partial charge in [0.05, 0.1) is 6.21 Å². The highest BCUT2D eigenvalue weighted by atomic mass is 16.2. The topological polar surface area (TPSA) is 44.7 Å². The van der Waals surface area contributed by atoms with Crippen LogP contribution < -0.4 is 5.32 Å². The lowest BCUT2D eigenvalue weighted by atomic mass is 10.1. The zero-order chi connectivity index (χ0) is 16.1. The van der Waals surface area contributed by atoms with Gasteiger partial charge in [0.2, 0.25) is 0 Å². The van der Waals surface area contributed by atoms with Crippen molar-refractivity contribution in [2.45, 2.75) is 20.8 Å². The minimum absolute atomic E-state index is 0.263. The summed E-state index contributed by atoms with van der Waals surface area (Å²) in [7, 11) is 1.63. The molecule has 0 spiro atoms. The average molecular weight is 295 g/mol. The van der Waals surface area contributed by atoms with Crippen molar-refractivity contribution in [3.63, 3.8) is 0 Å². The fourth-order valence-corrected chi connectivity index (χ4v) is 2.06. The molecule has 22 heavy (non-hydrogen) atoms. The molecule has 0 aliphatic carbocycles. The highest BCUT2D eigenvalue weighted by molar-refractivity contribution is 5.91. The number of para-hydroxylation sites is 1. The van der Waals surface area contributed by atoms with Crippen molar-refractivity contribution in [1.29, 1.82) is 0 Å². The third kappa shape index (κ3) is 3.95. The number of nitrogens with zero attached hydrogens (tertiary/aromatic N) is 2. The van der Waals surface area contributed by atoms with Crippen molar-refractivity contribution in [1.82, 2.24) is 5.01 Å². The molecule has 4 nitrogen and oxygen atoms in total. The third-order valence-electron chi connectivity index (χ3n) is 3.46. The molecule has 0 unspecified atom stereocenters. The minimum atomic E-state index is -0.263. The van der Waals surface area contributed by atoms with Gasteiger partial charge in [-0.25, -0.2) is 9.80 Å². The summed E-state index contributed by atoms with van der Waals surface area (Å²) in [5, 5.41) is 8.37. The number of urea groups is 1. The predicted molar refractivity (Wildman–Crippen MR) is 91.5 cm³/mol. The largest absolute Gasteiger partial charge is 0.341 e.